The molecule has 0 saturated carbocycles. The average Bonchev–Trinajstić information content (AvgIpc) is 2.92. The van der Waals surface area contributed by atoms with E-state index in [4.69, 9.17) is 4.74 Å². The molecular formula is C30H32N2O4. The van der Waals surface area contributed by atoms with Crippen LogP contribution in [0.2, 0.25) is 0 Å². The molecule has 0 aromatic heterocycles. The summed E-state index contributed by atoms with van der Waals surface area (Å²) >= 11 is 0. The lowest BCUT2D eigenvalue weighted by Gasteiger charge is -2.43. The first-order valence-corrected chi connectivity index (χ1v) is 12.1. The lowest BCUT2D eigenvalue weighted by atomic mass is 9.68. The zero-order valence-corrected chi connectivity index (χ0v) is 21.0. The van der Waals surface area contributed by atoms with Crippen LogP contribution in [0.5, 0.6) is 5.75 Å². The highest BCUT2D eigenvalue weighted by atomic mass is 16.5. The molecule has 1 fully saturated rings. The third kappa shape index (κ3) is 5.39. The third-order valence-electron chi connectivity index (χ3n) is 6.92. The fraction of sp³-hybridized carbons (Fsp3) is 0.300. The number of benzene rings is 3. The number of likely N-dealkylation sites (N-methyl/N-ethyl adjacent to an activating group) is 1. The van der Waals surface area contributed by atoms with E-state index in [1.54, 1.807) is 45.5 Å². The molecule has 4 rings (SSSR count). The summed E-state index contributed by atoms with van der Waals surface area (Å²) in [5.41, 5.74) is 2.02. The van der Waals surface area contributed by atoms with E-state index in [0.717, 1.165) is 5.56 Å². The van der Waals surface area contributed by atoms with Gasteiger partial charge >= 0.3 is 0 Å². The van der Waals surface area contributed by atoms with Gasteiger partial charge in [0, 0.05) is 56.1 Å². The maximum absolute atomic E-state index is 14.0. The molecule has 2 atom stereocenters. The van der Waals surface area contributed by atoms with Gasteiger partial charge in [-0.2, -0.15) is 0 Å². The van der Waals surface area contributed by atoms with Crippen molar-refractivity contribution < 1.29 is 19.1 Å². The topological polar surface area (TPSA) is 66.9 Å². The third-order valence-corrected chi connectivity index (χ3v) is 6.92. The molecule has 1 saturated heterocycles. The van der Waals surface area contributed by atoms with E-state index in [1.807, 2.05) is 65.6 Å². The van der Waals surface area contributed by atoms with E-state index < -0.39 is 17.8 Å². The summed E-state index contributed by atoms with van der Waals surface area (Å²) in [5, 5.41) is 0. The molecule has 0 unspecified atom stereocenters. The van der Waals surface area contributed by atoms with Gasteiger partial charge in [-0.25, -0.2) is 0 Å². The summed E-state index contributed by atoms with van der Waals surface area (Å²) < 4.78 is 5.69. The van der Waals surface area contributed by atoms with E-state index in [1.165, 1.54) is 4.90 Å². The number of piperidine rings is 1. The summed E-state index contributed by atoms with van der Waals surface area (Å²) in [4.78, 5) is 44.1. The molecule has 0 bridgehead atoms. The second kappa shape index (κ2) is 11.3. The molecule has 1 heterocycles. The van der Waals surface area contributed by atoms with Crippen LogP contribution >= 0.6 is 0 Å². The first kappa shape index (κ1) is 25.3. The van der Waals surface area contributed by atoms with Gasteiger partial charge < -0.3 is 9.64 Å². The van der Waals surface area contributed by atoms with Gasteiger partial charge in [0.15, 0.2) is 11.6 Å². The Morgan fingerprint density at radius 2 is 1.25 bits per heavy atom. The SMILES string of the molecule is COc1ccccc1C1[C@@H](C(=O)c2ccccc2)CN(CC(=O)N(C)C)C[C@@H]1C(=O)c1ccccc1. The van der Waals surface area contributed by atoms with Crippen LogP contribution < -0.4 is 4.74 Å². The van der Waals surface area contributed by atoms with Crippen molar-refractivity contribution in [2.75, 3.05) is 40.8 Å². The van der Waals surface area contributed by atoms with Crippen LogP contribution in [-0.4, -0.2) is 68.1 Å². The predicted octanol–water partition coefficient (Wildman–Crippen LogP) is 4.18. The van der Waals surface area contributed by atoms with Gasteiger partial charge in [0.05, 0.1) is 13.7 Å². The van der Waals surface area contributed by atoms with Crippen molar-refractivity contribution in [2.24, 2.45) is 11.8 Å². The number of hydrogen-bond donors (Lipinski definition) is 0. The monoisotopic (exact) mass is 484 g/mol. The zero-order chi connectivity index (χ0) is 25.7. The summed E-state index contributed by atoms with van der Waals surface area (Å²) in [6, 6.07) is 25.9. The van der Waals surface area contributed by atoms with E-state index in [-0.39, 0.29) is 24.0 Å². The van der Waals surface area contributed by atoms with Crippen LogP contribution in [0.4, 0.5) is 0 Å². The molecule has 3 aromatic rings. The number of Topliss-reactive ketones (excluding diaryl/α,β-unsaturated/α-hetero) is 2. The molecule has 6 nitrogen and oxygen atoms in total. The van der Waals surface area contributed by atoms with Gasteiger partial charge in [-0.1, -0.05) is 78.9 Å². The second-order valence-electron chi connectivity index (χ2n) is 9.42. The van der Waals surface area contributed by atoms with Crippen LogP contribution in [0.15, 0.2) is 84.9 Å². The molecule has 1 aliphatic rings. The average molecular weight is 485 g/mol. The maximum atomic E-state index is 14.0. The molecule has 36 heavy (non-hydrogen) atoms. The minimum absolute atomic E-state index is 0.0423. The lowest BCUT2D eigenvalue weighted by Crippen LogP contribution is -2.52. The fourth-order valence-electron chi connectivity index (χ4n) is 5.10. The largest absolute Gasteiger partial charge is 0.496 e. The molecule has 0 N–H and O–H groups in total. The highest BCUT2D eigenvalue weighted by Gasteiger charge is 2.46. The van der Waals surface area contributed by atoms with Crippen LogP contribution in [0.3, 0.4) is 0 Å². The van der Waals surface area contributed by atoms with Gasteiger partial charge in [-0.15, -0.1) is 0 Å². The van der Waals surface area contributed by atoms with Crippen molar-refractivity contribution in [2.45, 2.75) is 5.92 Å². The quantitative estimate of drug-likeness (QED) is 0.449. The molecule has 1 amide bonds. The first-order chi connectivity index (χ1) is 17.4. The van der Waals surface area contributed by atoms with Crippen molar-refractivity contribution in [3.05, 3.63) is 102 Å². The Balaban J connectivity index is 1.84. The minimum Gasteiger partial charge on any atom is -0.496 e. The van der Waals surface area contributed by atoms with Crippen molar-refractivity contribution in [3.8, 4) is 5.75 Å². The second-order valence-corrected chi connectivity index (χ2v) is 9.42. The number of likely N-dealkylation sites (tertiary alicyclic amines) is 1. The first-order valence-electron chi connectivity index (χ1n) is 12.1. The summed E-state index contributed by atoms with van der Waals surface area (Å²) in [7, 11) is 5.03. The smallest absolute Gasteiger partial charge is 0.236 e. The van der Waals surface area contributed by atoms with Crippen LogP contribution in [0.1, 0.15) is 32.2 Å². The molecule has 0 aliphatic carbocycles. The lowest BCUT2D eigenvalue weighted by molar-refractivity contribution is -0.130. The molecule has 3 aromatic carbocycles. The number of ketones is 2. The van der Waals surface area contributed by atoms with Gasteiger partial charge in [0.2, 0.25) is 5.91 Å². The van der Waals surface area contributed by atoms with Crippen LogP contribution in [0.25, 0.3) is 0 Å². The van der Waals surface area contributed by atoms with Crippen LogP contribution in [-0.2, 0) is 4.79 Å². The minimum atomic E-state index is -0.537. The summed E-state index contributed by atoms with van der Waals surface area (Å²) in [6.07, 6.45) is 0. The predicted molar refractivity (Wildman–Crippen MR) is 139 cm³/mol. The van der Waals surface area contributed by atoms with E-state index in [2.05, 4.69) is 0 Å². The normalized spacial score (nSPS) is 18.4. The molecule has 186 valence electrons. The number of methoxy groups -OCH3 is 1. The molecule has 0 radical (unpaired) electrons. The molecular weight excluding hydrogens is 452 g/mol. The number of para-hydroxylation sites is 1. The highest BCUT2D eigenvalue weighted by molar-refractivity contribution is 6.02. The van der Waals surface area contributed by atoms with Gasteiger partial charge in [0.25, 0.3) is 0 Å². The highest BCUT2D eigenvalue weighted by Crippen LogP contribution is 2.43. The van der Waals surface area contributed by atoms with Gasteiger partial charge in [-0.3, -0.25) is 19.3 Å². The number of rotatable bonds is 8. The molecule has 0 spiro atoms. The summed E-state index contributed by atoms with van der Waals surface area (Å²) in [5.74, 6) is -0.985. The standard InChI is InChI=1S/C30H32N2O4/c1-31(2)27(33)20-32-18-24(29(34)21-12-6-4-7-13-21)28(23-16-10-11-17-26(23)36-3)25(19-32)30(35)22-14-8-5-9-15-22/h4-17,24-25,28H,18-20H2,1-3H3/t24-,25-/m0/s1. The number of nitrogens with zero attached hydrogens (tertiary/aromatic N) is 2. The number of hydrogen-bond acceptors (Lipinski definition) is 5. The van der Waals surface area contributed by atoms with Crippen molar-refractivity contribution in [1.29, 1.82) is 0 Å². The van der Waals surface area contributed by atoms with Crippen LogP contribution in [0, 0.1) is 11.8 Å². The maximum Gasteiger partial charge on any atom is 0.236 e. The molecule has 6 heteroatoms. The van der Waals surface area contributed by atoms with E-state index in [0.29, 0.717) is 30.0 Å². The Morgan fingerprint density at radius 1 is 0.778 bits per heavy atom. The van der Waals surface area contributed by atoms with Gasteiger partial charge in [0.1, 0.15) is 5.75 Å². The number of amides is 1. The van der Waals surface area contributed by atoms with Gasteiger partial charge in [-0.05, 0) is 11.6 Å². The summed E-state index contributed by atoms with van der Waals surface area (Å²) in [6.45, 7) is 0.881. The Bertz CT molecular complexity index is 1150. The number of carbonyl (C=O) groups excluding carboxylic acids is 3. The Morgan fingerprint density at radius 3 is 1.72 bits per heavy atom. The molecule has 1 aliphatic heterocycles. The Labute approximate surface area is 212 Å². The fourth-order valence-corrected chi connectivity index (χ4v) is 5.10. The Hall–Kier alpha value is -3.77. The van der Waals surface area contributed by atoms with Crippen molar-refractivity contribution in [1.82, 2.24) is 9.80 Å². The van der Waals surface area contributed by atoms with Crippen molar-refractivity contribution >= 4 is 17.5 Å². The number of ether oxygens (including phenoxy) is 1. The zero-order valence-electron chi connectivity index (χ0n) is 21.0. The Kier molecular flexibility index (Phi) is 7.96. The van der Waals surface area contributed by atoms with Crippen molar-refractivity contribution in [3.63, 3.8) is 0 Å². The van der Waals surface area contributed by atoms with E-state index >= 15 is 0 Å². The number of carbonyl (C=O) groups is 3. The van der Waals surface area contributed by atoms with E-state index in [9.17, 15) is 14.4 Å².